The summed E-state index contributed by atoms with van der Waals surface area (Å²) in [4.78, 5) is 25.9. The van der Waals surface area contributed by atoms with Gasteiger partial charge in [-0.15, -0.1) is 0 Å². The highest BCUT2D eigenvalue weighted by molar-refractivity contribution is 5.89. The van der Waals surface area contributed by atoms with Gasteiger partial charge in [-0.05, 0) is 6.07 Å². The maximum absolute atomic E-state index is 11.3. The first-order chi connectivity index (χ1) is 9.25. The second kappa shape index (κ2) is 4.77. The lowest BCUT2D eigenvalue weighted by Gasteiger charge is -2.33. The van der Waals surface area contributed by atoms with E-state index in [2.05, 4.69) is 25.2 Å². The molecule has 7 nitrogen and oxygen atoms in total. The highest BCUT2D eigenvalue weighted by Crippen LogP contribution is 2.22. The van der Waals surface area contributed by atoms with Crippen LogP contribution in [0.25, 0.3) is 10.9 Å². The van der Waals surface area contributed by atoms with E-state index in [1.807, 2.05) is 6.07 Å². The maximum atomic E-state index is 11.3. The number of rotatable bonds is 2. The zero-order valence-electron chi connectivity index (χ0n) is 10.3. The highest BCUT2D eigenvalue weighted by Gasteiger charge is 2.25. The second-order valence-electron chi connectivity index (χ2n) is 4.45. The lowest BCUT2D eigenvalue weighted by molar-refractivity contribution is -0.120. The summed E-state index contributed by atoms with van der Waals surface area (Å²) in [5.74, 6) is 0.477. The highest BCUT2D eigenvalue weighted by atomic mass is 16.1. The van der Waals surface area contributed by atoms with E-state index in [-0.39, 0.29) is 11.9 Å². The van der Waals surface area contributed by atoms with E-state index < -0.39 is 0 Å². The molecule has 7 heteroatoms. The number of pyridine rings is 1. The molecule has 1 unspecified atom stereocenters. The van der Waals surface area contributed by atoms with Gasteiger partial charge in [0.2, 0.25) is 5.91 Å². The molecule has 3 rings (SSSR count). The molecule has 2 aromatic rings. The molecule has 19 heavy (non-hydrogen) atoms. The molecule has 0 saturated carbocycles. The van der Waals surface area contributed by atoms with Crippen molar-refractivity contribution in [3.63, 3.8) is 0 Å². The number of hydrogen-bond donors (Lipinski definition) is 2. The number of nitrogens with two attached hydrogens (primary N) is 1. The van der Waals surface area contributed by atoms with Crippen LogP contribution in [0.1, 0.15) is 0 Å². The molecule has 98 valence electrons. The largest absolute Gasteiger partial charge is 0.368 e. The van der Waals surface area contributed by atoms with Gasteiger partial charge in [-0.25, -0.2) is 9.97 Å². The molecule has 1 amide bonds. The SMILES string of the molecule is NC(=O)C1CN(c2ncnc3cnccc23)CCN1. The molecular formula is C12H14N6O. The Hall–Kier alpha value is -2.28. The van der Waals surface area contributed by atoms with Crippen molar-refractivity contribution >= 4 is 22.6 Å². The summed E-state index contributed by atoms with van der Waals surface area (Å²) in [7, 11) is 0. The van der Waals surface area contributed by atoms with Gasteiger partial charge in [-0.2, -0.15) is 0 Å². The maximum Gasteiger partial charge on any atom is 0.236 e. The van der Waals surface area contributed by atoms with Crippen LogP contribution in [0.3, 0.4) is 0 Å². The molecule has 0 aliphatic carbocycles. The first-order valence-corrected chi connectivity index (χ1v) is 6.08. The summed E-state index contributed by atoms with van der Waals surface area (Å²) >= 11 is 0. The molecule has 1 aliphatic rings. The summed E-state index contributed by atoms with van der Waals surface area (Å²) in [6, 6.07) is 1.53. The van der Waals surface area contributed by atoms with Gasteiger partial charge in [0, 0.05) is 31.2 Å². The smallest absolute Gasteiger partial charge is 0.236 e. The van der Waals surface area contributed by atoms with E-state index >= 15 is 0 Å². The fraction of sp³-hybridized carbons (Fsp3) is 0.333. The molecule has 3 heterocycles. The molecule has 2 aromatic heterocycles. The van der Waals surface area contributed by atoms with E-state index in [0.717, 1.165) is 23.3 Å². The minimum Gasteiger partial charge on any atom is -0.368 e. The number of primary amides is 1. The van der Waals surface area contributed by atoms with Gasteiger partial charge in [0.05, 0.1) is 11.7 Å². The first kappa shape index (κ1) is 11.8. The van der Waals surface area contributed by atoms with E-state index in [1.54, 1.807) is 12.4 Å². The average Bonchev–Trinajstić information content (AvgIpc) is 2.47. The second-order valence-corrected chi connectivity index (χ2v) is 4.45. The van der Waals surface area contributed by atoms with Crippen LogP contribution < -0.4 is 16.0 Å². The van der Waals surface area contributed by atoms with Gasteiger partial charge in [-0.3, -0.25) is 9.78 Å². The normalized spacial score (nSPS) is 19.6. The Labute approximate surface area is 109 Å². The van der Waals surface area contributed by atoms with Gasteiger partial charge in [0.25, 0.3) is 0 Å². The zero-order valence-corrected chi connectivity index (χ0v) is 10.3. The van der Waals surface area contributed by atoms with Crippen LogP contribution in [0.2, 0.25) is 0 Å². The van der Waals surface area contributed by atoms with Gasteiger partial charge in [0.15, 0.2) is 0 Å². The Morgan fingerprint density at radius 1 is 1.47 bits per heavy atom. The molecule has 1 aliphatic heterocycles. The lowest BCUT2D eigenvalue weighted by Crippen LogP contribution is -2.56. The number of fused-ring (bicyclic) bond motifs is 1. The van der Waals surface area contributed by atoms with Crippen molar-refractivity contribution in [2.45, 2.75) is 6.04 Å². The van der Waals surface area contributed by atoms with Crippen molar-refractivity contribution in [1.82, 2.24) is 20.3 Å². The fourth-order valence-corrected chi connectivity index (χ4v) is 2.28. The van der Waals surface area contributed by atoms with Crippen molar-refractivity contribution in [2.24, 2.45) is 5.73 Å². The molecule has 0 spiro atoms. The van der Waals surface area contributed by atoms with Crippen molar-refractivity contribution in [3.05, 3.63) is 24.8 Å². The number of nitrogens with one attached hydrogen (secondary N) is 1. The number of nitrogens with zero attached hydrogens (tertiary/aromatic N) is 4. The average molecular weight is 258 g/mol. The van der Waals surface area contributed by atoms with E-state index in [0.29, 0.717) is 13.1 Å². The number of carbonyl (C=O) groups is 1. The van der Waals surface area contributed by atoms with Crippen LogP contribution in [0.4, 0.5) is 5.82 Å². The number of piperazine rings is 1. The van der Waals surface area contributed by atoms with Crippen LogP contribution in [0.15, 0.2) is 24.8 Å². The molecule has 0 radical (unpaired) electrons. The minimum absolute atomic E-state index is 0.343. The van der Waals surface area contributed by atoms with Crippen molar-refractivity contribution in [1.29, 1.82) is 0 Å². The monoisotopic (exact) mass is 258 g/mol. The third-order valence-electron chi connectivity index (χ3n) is 3.24. The Morgan fingerprint density at radius 3 is 3.21 bits per heavy atom. The van der Waals surface area contributed by atoms with Crippen LogP contribution >= 0.6 is 0 Å². The molecule has 0 bridgehead atoms. The van der Waals surface area contributed by atoms with E-state index in [9.17, 15) is 4.79 Å². The summed E-state index contributed by atoms with van der Waals surface area (Å²) in [5.41, 5.74) is 6.14. The van der Waals surface area contributed by atoms with Crippen LogP contribution in [0, 0.1) is 0 Å². The van der Waals surface area contributed by atoms with E-state index in [1.165, 1.54) is 6.33 Å². The van der Waals surface area contributed by atoms with Gasteiger partial charge in [-0.1, -0.05) is 0 Å². The lowest BCUT2D eigenvalue weighted by atomic mass is 10.2. The number of anilines is 1. The number of aromatic nitrogens is 3. The van der Waals surface area contributed by atoms with Crippen molar-refractivity contribution in [3.8, 4) is 0 Å². The van der Waals surface area contributed by atoms with E-state index in [4.69, 9.17) is 5.73 Å². The third-order valence-corrected chi connectivity index (χ3v) is 3.24. The molecule has 1 fully saturated rings. The summed E-state index contributed by atoms with van der Waals surface area (Å²) in [5, 5.41) is 4.03. The Morgan fingerprint density at radius 2 is 2.37 bits per heavy atom. The number of hydrogen-bond acceptors (Lipinski definition) is 6. The Bertz CT molecular complexity index is 611. The molecule has 0 aromatic carbocycles. The van der Waals surface area contributed by atoms with Gasteiger partial charge in [0.1, 0.15) is 18.2 Å². The molecule has 3 N–H and O–H groups in total. The predicted molar refractivity (Wildman–Crippen MR) is 70.5 cm³/mol. The summed E-state index contributed by atoms with van der Waals surface area (Å²) in [6.45, 7) is 1.99. The molecule has 1 atom stereocenters. The standard InChI is InChI=1S/C12H14N6O/c13-11(19)10-6-18(4-3-15-10)12-8-1-2-14-5-9(8)16-7-17-12/h1-2,5,7,10,15H,3-4,6H2,(H2,13,19). The summed E-state index contributed by atoms with van der Waals surface area (Å²) in [6.07, 6.45) is 4.93. The number of carbonyl (C=O) groups excluding carboxylic acids is 1. The first-order valence-electron chi connectivity index (χ1n) is 6.08. The van der Waals surface area contributed by atoms with Crippen LogP contribution in [0.5, 0.6) is 0 Å². The fourth-order valence-electron chi connectivity index (χ4n) is 2.28. The van der Waals surface area contributed by atoms with Crippen molar-refractivity contribution in [2.75, 3.05) is 24.5 Å². The Kier molecular flexibility index (Phi) is 2.96. The zero-order chi connectivity index (χ0) is 13.2. The topological polar surface area (TPSA) is 97.0 Å². The summed E-state index contributed by atoms with van der Waals surface area (Å²) < 4.78 is 0. The molecular weight excluding hydrogens is 244 g/mol. The van der Waals surface area contributed by atoms with Gasteiger partial charge < -0.3 is 16.0 Å². The quantitative estimate of drug-likeness (QED) is 0.738. The predicted octanol–water partition coefficient (Wildman–Crippen LogP) is -0.712. The third kappa shape index (κ3) is 2.19. The van der Waals surface area contributed by atoms with Crippen molar-refractivity contribution < 1.29 is 4.79 Å². The van der Waals surface area contributed by atoms with Crippen LogP contribution in [-0.4, -0.2) is 46.5 Å². The molecule has 1 saturated heterocycles. The minimum atomic E-state index is -0.347. The number of amides is 1. The van der Waals surface area contributed by atoms with Gasteiger partial charge >= 0.3 is 0 Å². The van der Waals surface area contributed by atoms with Crippen LogP contribution in [-0.2, 0) is 4.79 Å². The Balaban J connectivity index is 1.97.